The van der Waals surface area contributed by atoms with Crippen molar-refractivity contribution in [2.45, 2.75) is 0 Å². The summed E-state index contributed by atoms with van der Waals surface area (Å²) in [4.78, 5) is 16.6. The van der Waals surface area contributed by atoms with Crippen molar-refractivity contribution in [1.82, 2.24) is 33.2 Å². The van der Waals surface area contributed by atoms with Gasteiger partial charge in [0.05, 0.1) is 76.1 Å². The van der Waals surface area contributed by atoms with E-state index in [9.17, 15) is 6.85 Å². The van der Waals surface area contributed by atoms with Gasteiger partial charge in [0.2, 0.25) is 11.9 Å². The van der Waals surface area contributed by atoms with Crippen LogP contribution in [0.5, 0.6) is 0 Å². The normalized spacial score (nSPS) is 13.6. The maximum absolute atomic E-state index is 10.4. The summed E-state index contributed by atoms with van der Waals surface area (Å²) in [5.41, 5.74) is 6.80. The van der Waals surface area contributed by atoms with Gasteiger partial charge in [-0.25, -0.2) is 0 Å². The lowest BCUT2D eigenvalue weighted by Crippen LogP contribution is -2.12. The van der Waals surface area contributed by atoms with Crippen LogP contribution in [-0.2, 0) is 0 Å². The number of benzene rings is 10. The highest BCUT2D eigenvalue weighted by molar-refractivity contribution is 6.25. The molecule has 16 aromatic rings. The van der Waals surface area contributed by atoms with Crippen LogP contribution in [0.3, 0.4) is 0 Å². The lowest BCUT2D eigenvalue weighted by Gasteiger charge is -2.20. The Labute approximate surface area is 413 Å². The quantitative estimate of drug-likeness (QED) is 0.172. The number of para-hydroxylation sites is 8. The van der Waals surface area contributed by atoms with E-state index in [0.717, 1.165) is 65.2 Å². The number of aromatic nitrogens is 7. The second-order valence-electron chi connectivity index (χ2n) is 17.8. The van der Waals surface area contributed by atoms with Gasteiger partial charge in [-0.1, -0.05) is 152 Å². The molecule has 6 heterocycles. The topological polar surface area (TPSA) is 71.5 Å². The van der Waals surface area contributed by atoms with Crippen molar-refractivity contribution in [2.24, 2.45) is 0 Å². The van der Waals surface area contributed by atoms with Gasteiger partial charge in [0, 0.05) is 48.5 Å². The predicted octanol–water partition coefficient (Wildman–Crippen LogP) is 15.8. The summed E-state index contributed by atoms with van der Waals surface area (Å²) in [7, 11) is 0. The summed E-state index contributed by atoms with van der Waals surface area (Å²) >= 11 is 0. The average molecular weight is 915 g/mol. The summed E-state index contributed by atoms with van der Waals surface area (Å²) in [5, 5.41) is 7.92. The Kier molecular flexibility index (Phi) is 6.49. The van der Waals surface area contributed by atoms with Gasteiger partial charge in [0.25, 0.3) is 0 Å². The molecule has 0 aliphatic carbocycles. The van der Waals surface area contributed by atoms with Crippen molar-refractivity contribution in [3.05, 3.63) is 224 Å². The molecule has 0 saturated heterocycles. The third-order valence-corrected chi connectivity index (χ3v) is 14.2. The summed E-state index contributed by atoms with van der Waals surface area (Å²) in [5.74, 6) is 0.496. The molecule has 0 aliphatic rings. The van der Waals surface area contributed by atoms with E-state index in [2.05, 4.69) is 24.3 Å². The summed E-state index contributed by atoms with van der Waals surface area (Å²) in [6, 6.07) is 56.6. The van der Waals surface area contributed by atoms with Gasteiger partial charge in [-0.2, -0.15) is 15.0 Å². The Morgan fingerprint density at radius 3 is 1.32 bits per heavy atom. The SMILES string of the molecule is [2H]c1c([2H])c(-n2c3ccccc3c3c([2H])c([2H])c([2H])c([2H])c32)c(-c2nc(-n3c4ccccc4c4ccccc43)nc(-n3c4ccccc4c4ccccc43)n2)c(-n2c3ccccc3c3ccc4oc5ccccc5c4c32)c1[2H]. The van der Waals surface area contributed by atoms with Gasteiger partial charge in [0.1, 0.15) is 11.2 Å². The van der Waals surface area contributed by atoms with E-state index in [1.807, 2.05) is 165 Å². The Morgan fingerprint density at radius 2 is 0.761 bits per heavy atom. The highest BCUT2D eigenvalue weighted by atomic mass is 16.3. The number of hydrogen-bond acceptors (Lipinski definition) is 4. The molecule has 6 aromatic heterocycles. The molecule has 0 N–H and O–H groups in total. The fourth-order valence-electron chi connectivity index (χ4n) is 11.3. The molecular formula is C63H37N7O. The zero-order valence-corrected chi connectivity index (χ0v) is 37.4. The van der Waals surface area contributed by atoms with Crippen molar-refractivity contribution in [3.63, 3.8) is 0 Å². The maximum atomic E-state index is 10.4. The second-order valence-corrected chi connectivity index (χ2v) is 17.8. The zero-order valence-electron chi connectivity index (χ0n) is 44.4. The van der Waals surface area contributed by atoms with E-state index in [0.29, 0.717) is 33.1 Å². The number of furan rings is 1. The van der Waals surface area contributed by atoms with Gasteiger partial charge in [-0.3, -0.25) is 9.13 Å². The van der Waals surface area contributed by atoms with E-state index in [1.165, 1.54) is 0 Å². The molecule has 16 rings (SSSR count). The lowest BCUT2D eigenvalue weighted by molar-refractivity contribution is 0.669. The molecule has 330 valence electrons. The molecule has 0 fully saturated rings. The lowest BCUT2D eigenvalue weighted by atomic mass is 10.1. The van der Waals surface area contributed by atoms with Gasteiger partial charge in [0.15, 0.2) is 5.82 Å². The molecule has 10 aromatic carbocycles. The minimum atomic E-state index is -0.466. The first-order chi connectivity index (χ1) is 38.2. The summed E-state index contributed by atoms with van der Waals surface area (Å²) in [6.45, 7) is 0. The van der Waals surface area contributed by atoms with Crippen LogP contribution in [0, 0.1) is 0 Å². The first-order valence-electron chi connectivity index (χ1n) is 26.9. The second kappa shape index (κ2) is 14.4. The average Bonchev–Trinajstić information content (AvgIpc) is 3.65. The van der Waals surface area contributed by atoms with Crippen molar-refractivity contribution >= 4 is 109 Å². The summed E-state index contributed by atoms with van der Waals surface area (Å²) in [6.07, 6.45) is 0. The van der Waals surface area contributed by atoms with E-state index >= 15 is 0 Å². The number of hydrogen-bond donors (Lipinski definition) is 0. The molecule has 0 atom stereocenters. The standard InChI is InChI=1S/C63H37N7O/c1-9-26-47-38(18-1)39-19-2-10-27-48(39)67(47)54-33-17-34-55(68-49-28-11-7-24-44(49)45-36-37-57-58(60(45)68)46-25-8-16-35-56(46)71-57)59(54)61-64-62(69-50-29-12-3-20-40(50)41-21-4-13-30-51(41)69)66-63(65-61)70-52-31-14-5-22-42(52)43-23-6-15-32-53(43)70/h1-37H/i1D,9D,17D,18D,26D,33D,34D. The highest BCUT2D eigenvalue weighted by Crippen LogP contribution is 2.45. The zero-order chi connectivity index (χ0) is 52.4. The van der Waals surface area contributed by atoms with Crippen LogP contribution >= 0.6 is 0 Å². The Balaban J connectivity index is 1.18. The Morgan fingerprint density at radius 1 is 0.324 bits per heavy atom. The monoisotopic (exact) mass is 914 g/mol. The fourth-order valence-corrected chi connectivity index (χ4v) is 11.3. The Hall–Kier alpha value is -9.79. The molecule has 8 heteroatoms. The fraction of sp³-hybridized carbons (Fsp3) is 0. The third kappa shape index (κ3) is 5.25. The molecule has 0 amide bonds. The van der Waals surface area contributed by atoms with E-state index in [1.54, 1.807) is 10.6 Å². The van der Waals surface area contributed by atoms with Crippen LogP contribution in [0.4, 0.5) is 0 Å². The van der Waals surface area contributed by atoms with E-state index in [4.69, 9.17) is 22.1 Å². The molecular weight excluding hydrogens is 871 g/mol. The van der Waals surface area contributed by atoms with Crippen LogP contribution < -0.4 is 0 Å². The van der Waals surface area contributed by atoms with Gasteiger partial charge in [-0.05, 0) is 72.7 Å². The van der Waals surface area contributed by atoms with Crippen molar-refractivity contribution < 1.29 is 14.0 Å². The minimum absolute atomic E-state index is 0.0323. The smallest absolute Gasteiger partial charge is 0.240 e. The van der Waals surface area contributed by atoms with E-state index in [-0.39, 0.29) is 69.7 Å². The Bertz CT molecular complexity index is 5100. The van der Waals surface area contributed by atoms with Crippen LogP contribution in [0.1, 0.15) is 9.60 Å². The molecule has 0 spiro atoms. The molecule has 0 aliphatic heterocycles. The van der Waals surface area contributed by atoms with Crippen molar-refractivity contribution in [1.29, 1.82) is 0 Å². The van der Waals surface area contributed by atoms with Crippen LogP contribution in [0.15, 0.2) is 229 Å². The predicted molar refractivity (Wildman–Crippen MR) is 290 cm³/mol. The van der Waals surface area contributed by atoms with Gasteiger partial charge >= 0.3 is 0 Å². The van der Waals surface area contributed by atoms with E-state index < -0.39 is 18.1 Å². The molecule has 0 bridgehead atoms. The first-order valence-corrected chi connectivity index (χ1v) is 23.4. The van der Waals surface area contributed by atoms with Gasteiger partial charge in [-0.15, -0.1) is 0 Å². The molecule has 71 heavy (non-hydrogen) atoms. The first kappa shape index (κ1) is 32.0. The van der Waals surface area contributed by atoms with Crippen LogP contribution in [-0.4, -0.2) is 33.2 Å². The van der Waals surface area contributed by atoms with Crippen molar-refractivity contribution in [3.8, 4) is 34.7 Å². The highest BCUT2D eigenvalue weighted by Gasteiger charge is 2.28. The largest absolute Gasteiger partial charge is 0.456 e. The number of rotatable bonds is 5. The number of nitrogens with zero attached hydrogens (tertiary/aromatic N) is 7. The molecule has 0 unspecified atom stereocenters. The molecule has 8 nitrogen and oxygen atoms in total. The minimum Gasteiger partial charge on any atom is -0.456 e. The summed E-state index contributed by atoms with van der Waals surface area (Å²) < 4.78 is 82.1. The molecule has 0 radical (unpaired) electrons. The number of fused-ring (bicyclic) bond motifs is 16. The van der Waals surface area contributed by atoms with Crippen molar-refractivity contribution in [2.75, 3.05) is 0 Å². The third-order valence-electron chi connectivity index (χ3n) is 14.2. The molecule has 0 saturated carbocycles. The maximum Gasteiger partial charge on any atom is 0.240 e. The van der Waals surface area contributed by atoms with Crippen LogP contribution in [0.25, 0.3) is 144 Å². The van der Waals surface area contributed by atoms with Crippen LogP contribution in [0.2, 0.25) is 0 Å². The van der Waals surface area contributed by atoms with Gasteiger partial charge < -0.3 is 13.6 Å².